The zero-order valence-corrected chi connectivity index (χ0v) is 13.2. The Labute approximate surface area is 124 Å². The Morgan fingerprint density at radius 1 is 1.20 bits per heavy atom. The average molecular weight is 292 g/mol. The summed E-state index contributed by atoms with van der Waals surface area (Å²) in [4.78, 5) is 0. The molecule has 2 bridgehead atoms. The van der Waals surface area contributed by atoms with Crippen LogP contribution in [0, 0.1) is 0 Å². The number of hydrogen-bond donors (Lipinski definition) is 1. The van der Waals surface area contributed by atoms with E-state index in [4.69, 9.17) is 0 Å². The summed E-state index contributed by atoms with van der Waals surface area (Å²) in [7, 11) is -0.734. The summed E-state index contributed by atoms with van der Waals surface area (Å²) in [5.41, 5.74) is 1.54. The minimum Gasteiger partial charge on any atom is -0.385 e. The molecule has 0 saturated carbocycles. The van der Waals surface area contributed by atoms with Crippen LogP contribution < -0.4 is 0 Å². The van der Waals surface area contributed by atoms with Gasteiger partial charge in [0.2, 0.25) is 0 Å². The second-order valence-corrected chi connectivity index (χ2v) is 8.68. The molecule has 0 radical (unpaired) electrons. The molecular formula is C17H24O2S. The molecule has 2 saturated heterocycles. The smallest absolute Gasteiger partial charge is 0.0922 e. The lowest BCUT2D eigenvalue weighted by Crippen LogP contribution is -2.47. The molecule has 2 heterocycles. The van der Waals surface area contributed by atoms with E-state index in [0.29, 0.717) is 18.8 Å². The molecule has 20 heavy (non-hydrogen) atoms. The van der Waals surface area contributed by atoms with Gasteiger partial charge in [0.05, 0.1) is 5.60 Å². The van der Waals surface area contributed by atoms with Crippen LogP contribution >= 0.6 is 0 Å². The molecule has 110 valence electrons. The number of benzene rings is 1. The number of fused-ring (bicyclic) bond motifs is 2. The molecule has 2 aliphatic rings. The minimum atomic E-state index is -0.773. The van der Waals surface area contributed by atoms with Crippen LogP contribution in [0.25, 0.3) is 0 Å². The average Bonchev–Trinajstić information content (AvgIpc) is 2.41. The molecule has 1 aromatic rings. The maximum absolute atomic E-state index is 12.3. The second-order valence-electron chi connectivity index (χ2n) is 6.69. The number of hydrogen-bond acceptors (Lipinski definition) is 2. The monoisotopic (exact) mass is 292 g/mol. The molecule has 3 rings (SSSR count). The topological polar surface area (TPSA) is 37.3 Å². The Morgan fingerprint density at radius 2 is 1.80 bits per heavy atom. The molecule has 2 unspecified atom stereocenters. The van der Waals surface area contributed by atoms with Crippen molar-refractivity contribution in [1.29, 1.82) is 0 Å². The molecule has 0 aromatic heterocycles. The van der Waals surface area contributed by atoms with Gasteiger partial charge in [-0.2, -0.15) is 0 Å². The van der Waals surface area contributed by atoms with Crippen molar-refractivity contribution in [2.45, 2.75) is 68.0 Å². The molecule has 2 fully saturated rings. The normalized spacial score (nSPS) is 37.1. The molecule has 0 amide bonds. The number of aliphatic hydroxyl groups is 1. The van der Waals surface area contributed by atoms with E-state index in [0.717, 1.165) is 18.4 Å². The molecular weight excluding hydrogens is 268 g/mol. The summed E-state index contributed by atoms with van der Waals surface area (Å²) < 4.78 is 12.3. The Bertz CT molecular complexity index is 507. The highest BCUT2D eigenvalue weighted by Crippen LogP contribution is 2.46. The fourth-order valence-corrected chi connectivity index (χ4v) is 6.15. The first kappa shape index (κ1) is 14.3. The van der Waals surface area contributed by atoms with Crippen LogP contribution in [0.5, 0.6) is 0 Å². The van der Waals surface area contributed by atoms with Gasteiger partial charge < -0.3 is 5.11 Å². The quantitative estimate of drug-likeness (QED) is 0.906. The van der Waals surface area contributed by atoms with Gasteiger partial charge in [0.1, 0.15) is 0 Å². The fourth-order valence-electron chi connectivity index (χ4n) is 3.93. The summed E-state index contributed by atoms with van der Waals surface area (Å²) in [6, 6.07) is 8.25. The molecule has 1 aromatic carbocycles. The molecule has 2 atom stereocenters. The summed E-state index contributed by atoms with van der Waals surface area (Å²) in [5, 5.41) is 11.6. The number of rotatable bonds is 2. The molecule has 2 aliphatic heterocycles. The Morgan fingerprint density at radius 3 is 2.40 bits per heavy atom. The standard InChI is InChI=1S/C17H24O2S/c1-12(2)15-8-3-4-9-16(15)17(18)10-13-6-5-7-14(11-17)20(13)19/h3-4,8-9,12-14,18H,5-7,10-11H2,1-2H3. The van der Waals surface area contributed by atoms with Gasteiger partial charge in [0.15, 0.2) is 0 Å². The zero-order chi connectivity index (χ0) is 14.3. The van der Waals surface area contributed by atoms with E-state index in [1.165, 1.54) is 12.0 Å². The molecule has 3 heteroatoms. The first-order chi connectivity index (χ1) is 9.51. The Kier molecular flexibility index (Phi) is 3.76. The SMILES string of the molecule is CC(C)c1ccccc1C1(O)CC2CCCC(C1)S2=O. The van der Waals surface area contributed by atoms with Crippen LogP contribution in [-0.4, -0.2) is 19.8 Å². The van der Waals surface area contributed by atoms with Gasteiger partial charge in [-0.1, -0.05) is 44.5 Å². The zero-order valence-electron chi connectivity index (χ0n) is 12.3. The van der Waals surface area contributed by atoms with E-state index < -0.39 is 16.4 Å². The van der Waals surface area contributed by atoms with E-state index in [2.05, 4.69) is 26.0 Å². The van der Waals surface area contributed by atoms with Crippen LogP contribution in [0.4, 0.5) is 0 Å². The van der Waals surface area contributed by atoms with Crippen molar-refractivity contribution in [3.8, 4) is 0 Å². The van der Waals surface area contributed by atoms with Crippen LogP contribution in [0.1, 0.15) is 63.0 Å². The van der Waals surface area contributed by atoms with Crippen LogP contribution in [0.15, 0.2) is 24.3 Å². The van der Waals surface area contributed by atoms with E-state index >= 15 is 0 Å². The van der Waals surface area contributed by atoms with Crippen molar-refractivity contribution < 1.29 is 9.32 Å². The second kappa shape index (κ2) is 5.27. The van der Waals surface area contributed by atoms with Gasteiger partial charge in [-0.3, -0.25) is 4.21 Å². The summed E-state index contributed by atoms with van der Waals surface area (Å²) >= 11 is 0. The van der Waals surface area contributed by atoms with Gasteiger partial charge in [0, 0.05) is 21.3 Å². The van der Waals surface area contributed by atoms with Crippen molar-refractivity contribution in [3.63, 3.8) is 0 Å². The summed E-state index contributed by atoms with van der Waals surface area (Å²) in [6.45, 7) is 4.34. The van der Waals surface area contributed by atoms with Crippen LogP contribution in [0.2, 0.25) is 0 Å². The fraction of sp³-hybridized carbons (Fsp3) is 0.647. The predicted octanol–water partition coefficient (Wildman–Crippen LogP) is 3.46. The van der Waals surface area contributed by atoms with E-state index in [1.54, 1.807) is 0 Å². The third kappa shape index (κ3) is 2.35. The lowest BCUT2D eigenvalue weighted by atomic mass is 9.77. The minimum absolute atomic E-state index is 0.188. The van der Waals surface area contributed by atoms with E-state index in [1.807, 2.05) is 12.1 Å². The summed E-state index contributed by atoms with van der Waals surface area (Å²) in [6.07, 6.45) is 4.52. The van der Waals surface area contributed by atoms with Crippen molar-refractivity contribution in [2.24, 2.45) is 0 Å². The van der Waals surface area contributed by atoms with Gasteiger partial charge >= 0.3 is 0 Å². The Balaban J connectivity index is 1.99. The van der Waals surface area contributed by atoms with Crippen molar-refractivity contribution in [2.75, 3.05) is 0 Å². The largest absolute Gasteiger partial charge is 0.385 e. The lowest BCUT2D eigenvalue weighted by molar-refractivity contribution is 0.00555. The molecule has 2 nitrogen and oxygen atoms in total. The van der Waals surface area contributed by atoms with Gasteiger partial charge in [-0.05, 0) is 42.7 Å². The third-order valence-electron chi connectivity index (χ3n) is 4.92. The molecule has 1 N–H and O–H groups in total. The highest BCUT2D eigenvalue weighted by molar-refractivity contribution is 7.86. The third-order valence-corrected chi connectivity index (χ3v) is 7.04. The predicted molar refractivity (Wildman–Crippen MR) is 83.2 cm³/mol. The first-order valence-electron chi connectivity index (χ1n) is 7.72. The van der Waals surface area contributed by atoms with Gasteiger partial charge in [-0.15, -0.1) is 0 Å². The van der Waals surface area contributed by atoms with Gasteiger partial charge in [0.25, 0.3) is 0 Å². The highest BCUT2D eigenvalue weighted by atomic mass is 32.2. The van der Waals surface area contributed by atoms with Crippen molar-refractivity contribution in [3.05, 3.63) is 35.4 Å². The Hall–Kier alpha value is -0.670. The van der Waals surface area contributed by atoms with Crippen molar-refractivity contribution in [1.82, 2.24) is 0 Å². The lowest BCUT2D eigenvalue weighted by Gasteiger charge is -2.44. The highest BCUT2D eigenvalue weighted by Gasteiger charge is 2.47. The van der Waals surface area contributed by atoms with Crippen molar-refractivity contribution >= 4 is 10.8 Å². The first-order valence-corrected chi connectivity index (χ1v) is 9.00. The maximum Gasteiger partial charge on any atom is 0.0922 e. The summed E-state index contributed by atoms with van der Waals surface area (Å²) in [5.74, 6) is 0.405. The van der Waals surface area contributed by atoms with Crippen LogP contribution in [0.3, 0.4) is 0 Å². The molecule has 0 spiro atoms. The van der Waals surface area contributed by atoms with E-state index in [-0.39, 0.29) is 10.5 Å². The van der Waals surface area contributed by atoms with Crippen LogP contribution in [-0.2, 0) is 16.4 Å². The van der Waals surface area contributed by atoms with E-state index in [9.17, 15) is 9.32 Å². The molecule has 0 aliphatic carbocycles. The van der Waals surface area contributed by atoms with Gasteiger partial charge in [-0.25, -0.2) is 0 Å². The maximum atomic E-state index is 12.3.